The minimum atomic E-state index is -0.285. The second-order valence-electron chi connectivity index (χ2n) is 7.51. The fourth-order valence-electron chi connectivity index (χ4n) is 3.70. The quantitative estimate of drug-likeness (QED) is 0.776. The maximum atomic E-state index is 12.5. The molecule has 2 aromatic carbocycles. The molecular weight excluding hydrogens is 364 g/mol. The van der Waals surface area contributed by atoms with Crippen LogP contribution in [-0.4, -0.2) is 37.6 Å². The summed E-state index contributed by atoms with van der Waals surface area (Å²) in [5, 5.41) is 5.85. The standard InChI is InChI=1S/C23H30N4O2/c1-5-26(6-2)20-11-12-21(17(4)13-20)25-23(29)24-18-14-22(28)27(15-18)19-9-7-16(3)8-10-19/h7-13,18H,5-6,14-15H2,1-4H3,(H2,24,25,29)/t18-/m1/s1. The summed E-state index contributed by atoms with van der Waals surface area (Å²) >= 11 is 0. The molecule has 1 heterocycles. The summed E-state index contributed by atoms with van der Waals surface area (Å²) in [7, 11) is 0. The van der Waals surface area contributed by atoms with Crippen LogP contribution in [0.2, 0.25) is 0 Å². The highest BCUT2D eigenvalue weighted by atomic mass is 16.2. The van der Waals surface area contributed by atoms with Gasteiger partial charge in [-0.3, -0.25) is 4.79 Å². The first-order valence-electron chi connectivity index (χ1n) is 10.2. The van der Waals surface area contributed by atoms with E-state index in [1.165, 1.54) is 0 Å². The molecule has 1 atom stereocenters. The van der Waals surface area contributed by atoms with Gasteiger partial charge in [-0.15, -0.1) is 0 Å². The van der Waals surface area contributed by atoms with E-state index in [0.717, 1.165) is 41.3 Å². The highest BCUT2D eigenvalue weighted by Gasteiger charge is 2.31. The van der Waals surface area contributed by atoms with Crippen molar-refractivity contribution in [3.8, 4) is 0 Å². The SMILES string of the molecule is CCN(CC)c1ccc(NC(=O)N[C@@H]2CC(=O)N(c3ccc(C)cc3)C2)c(C)c1. The Labute approximate surface area is 172 Å². The molecule has 154 valence electrons. The van der Waals surface area contributed by atoms with Crippen molar-refractivity contribution in [2.24, 2.45) is 0 Å². The van der Waals surface area contributed by atoms with Crippen molar-refractivity contribution in [2.75, 3.05) is 34.8 Å². The van der Waals surface area contributed by atoms with Gasteiger partial charge in [0.15, 0.2) is 0 Å². The maximum Gasteiger partial charge on any atom is 0.319 e. The molecule has 0 saturated carbocycles. The fraction of sp³-hybridized carbons (Fsp3) is 0.391. The first-order valence-corrected chi connectivity index (χ1v) is 10.2. The van der Waals surface area contributed by atoms with Gasteiger partial charge in [0.25, 0.3) is 0 Å². The zero-order valence-electron chi connectivity index (χ0n) is 17.7. The van der Waals surface area contributed by atoms with Crippen LogP contribution in [0.15, 0.2) is 42.5 Å². The summed E-state index contributed by atoms with van der Waals surface area (Å²) in [6.45, 7) is 10.6. The maximum absolute atomic E-state index is 12.5. The minimum Gasteiger partial charge on any atom is -0.372 e. The van der Waals surface area contributed by atoms with E-state index in [2.05, 4.69) is 35.4 Å². The van der Waals surface area contributed by atoms with Crippen molar-refractivity contribution in [1.82, 2.24) is 5.32 Å². The van der Waals surface area contributed by atoms with Crippen molar-refractivity contribution in [3.63, 3.8) is 0 Å². The lowest BCUT2D eigenvalue weighted by molar-refractivity contribution is -0.117. The monoisotopic (exact) mass is 394 g/mol. The number of hydrogen-bond acceptors (Lipinski definition) is 3. The van der Waals surface area contributed by atoms with Crippen LogP contribution < -0.4 is 20.4 Å². The first kappa shape index (κ1) is 20.7. The predicted octanol–water partition coefficient (Wildman–Crippen LogP) is 4.08. The van der Waals surface area contributed by atoms with Crippen LogP contribution in [0.1, 0.15) is 31.4 Å². The van der Waals surface area contributed by atoms with Crippen molar-refractivity contribution in [1.29, 1.82) is 0 Å². The molecule has 29 heavy (non-hydrogen) atoms. The third kappa shape index (κ3) is 4.88. The lowest BCUT2D eigenvalue weighted by atomic mass is 10.1. The topological polar surface area (TPSA) is 64.7 Å². The Balaban J connectivity index is 1.60. The van der Waals surface area contributed by atoms with Gasteiger partial charge in [-0.2, -0.15) is 0 Å². The van der Waals surface area contributed by atoms with Crippen LogP contribution in [0.4, 0.5) is 21.9 Å². The zero-order valence-corrected chi connectivity index (χ0v) is 17.7. The minimum absolute atomic E-state index is 0.0268. The molecule has 6 heteroatoms. The van der Waals surface area contributed by atoms with Gasteiger partial charge in [0.05, 0.1) is 6.04 Å². The number of amides is 3. The molecule has 3 rings (SSSR count). The number of anilines is 3. The summed E-state index contributed by atoms with van der Waals surface area (Å²) < 4.78 is 0. The summed E-state index contributed by atoms with van der Waals surface area (Å²) in [4.78, 5) is 28.9. The normalized spacial score (nSPS) is 16.1. The summed E-state index contributed by atoms with van der Waals surface area (Å²) in [5.74, 6) is 0.0268. The number of nitrogens with one attached hydrogen (secondary N) is 2. The molecular formula is C23H30N4O2. The molecule has 1 aliphatic heterocycles. The Kier molecular flexibility index (Phi) is 6.42. The van der Waals surface area contributed by atoms with E-state index in [9.17, 15) is 9.59 Å². The molecule has 1 fully saturated rings. The molecule has 0 spiro atoms. The van der Waals surface area contributed by atoms with Crippen LogP contribution in [0.5, 0.6) is 0 Å². The zero-order chi connectivity index (χ0) is 21.0. The van der Waals surface area contributed by atoms with Crippen LogP contribution in [-0.2, 0) is 4.79 Å². The number of benzene rings is 2. The number of carbonyl (C=O) groups excluding carboxylic acids is 2. The smallest absolute Gasteiger partial charge is 0.319 e. The molecule has 0 aromatic heterocycles. The molecule has 3 amide bonds. The molecule has 0 radical (unpaired) electrons. The molecule has 1 saturated heterocycles. The molecule has 2 N–H and O–H groups in total. The molecule has 2 aromatic rings. The Morgan fingerprint density at radius 3 is 2.41 bits per heavy atom. The van der Waals surface area contributed by atoms with E-state index in [1.54, 1.807) is 4.90 Å². The lowest BCUT2D eigenvalue weighted by Crippen LogP contribution is -2.39. The van der Waals surface area contributed by atoms with Gasteiger partial charge < -0.3 is 20.4 Å². The van der Waals surface area contributed by atoms with E-state index in [-0.39, 0.29) is 18.0 Å². The Hall–Kier alpha value is -3.02. The van der Waals surface area contributed by atoms with Gasteiger partial charge >= 0.3 is 6.03 Å². The van der Waals surface area contributed by atoms with Gasteiger partial charge in [0, 0.05) is 43.1 Å². The number of urea groups is 1. The Morgan fingerprint density at radius 1 is 1.10 bits per heavy atom. The molecule has 0 aliphatic carbocycles. The molecule has 0 bridgehead atoms. The Bertz CT molecular complexity index is 875. The number of carbonyl (C=O) groups is 2. The van der Waals surface area contributed by atoms with Crippen LogP contribution in [0.25, 0.3) is 0 Å². The second-order valence-corrected chi connectivity index (χ2v) is 7.51. The third-order valence-electron chi connectivity index (χ3n) is 5.39. The van der Waals surface area contributed by atoms with Crippen molar-refractivity contribution < 1.29 is 9.59 Å². The van der Waals surface area contributed by atoms with Gasteiger partial charge in [0.1, 0.15) is 0 Å². The molecule has 0 unspecified atom stereocenters. The van der Waals surface area contributed by atoms with Gasteiger partial charge in [-0.25, -0.2) is 4.79 Å². The summed E-state index contributed by atoms with van der Waals surface area (Å²) in [5.41, 5.74) is 4.95. The van der Waals surface area contributed by atoms with Crippen LogP contribution >= 0.6 is 0 Å². The highest BCUT2D eigenvalue weighted by Crippen LogP contribution is 2.24. The Morgan fingerprint density at radius 2 is 1.79 bits per heavy atom. The number of rotatable bonds is 6. The van der Waals surface area contributed by atoms with Gasteiger partial charge in [-0.05, 0) is 63.6 Å². The largest absolute Gasteiger partial charge is 0.372 e. The third-order valence-corrected chi connectivity index (χ3v) is 5.39. The van der Waals surface area contributed by atoms with Crippen LogP contribution in [0.3, 0.4) is 0 Å². The van der Waals surface area contributed by atoms with E-state index in [0.29, 0.717) is 13.0 Å². The predicted molar refractivity (Wildman–Crippen MR) is 119 cm³/mol. The van der Waals surface area contributed by atoms with E-state index >= 15 is 0 Å². The number of hydrogen-bond donors (Lipinski definition) is 2. The van der Waals surface area contributed by atoms with E-state index in [1.807, 2.05) is 50.2 Å². The summed E-state index contributed by atoms with van der Waals surface area (Å²) in [6, 6.07) is 13.4. The highest BCUT2D eigenvalue weighted by molar-refractivity contribution is 5.97. The fourth-order valence-corrected chi connectivity index (χ4v) is 3.70. The van der Waals surface area contributed by atoms with E-state index < -0.39 is 0 Å². The second kappa shape index (κ2) is 8.99. The van der Waals surface area contributed by atoms with E-state index in [4.69, 9.17) is 0 Å². The first-order chi connectivity index (χ1) is 13.9. The van der Waals surface area contributed by atoms with Crippen molar-refractivity contribution in [2.45, 2.75) is 40.2 Å². The lowest BCUT2D eigenvalue weighted by Gasteiger charge is -2.22. The number of aryl methyl sites for hydroxylation is 2. The average Bonchev–Trinajstić information content (AvgIpc) is 3.05. The van der Waals surface area contributed by atoms with Gasteiger partial charge in [-0.1, -0.05) is 17.7 Å². The van der Waals surface area contributed by atoms with Crippen molar-refractivity contribution >= 4 is 29.0 Å². The van der Waals surface area contributed by atoms with Crippen molar-refractivity contribution in [3.05, 3.63) is 53.6 Å². The summed E-state index contributed by atoms with van der Waals surface area (Å²) in [6.07, 6.45) is 0.307. The van der Waals surface area contributed by atoms with Crippen LogP contribution in [0, 0.1) is 13.8 Å². The number of nitrogens with zero attached hydrogens (tertiary/aromatic N) is 2. The molecule has 1 aliphatic rings. The molecule has 6 nitrogen and oxygen atoms in total. The average molecular weight is 395 g/mol. The van der Waals surface area contributed by atoms with Gasteiger partial charge in [0.2, 0.25) is 5.91 Å².